The van der Waals surface area contributed by atoms with E-state index in [0.717, 1.165) is 25.2 Å². The van der Waals surface area contributed by atoms with Crippen molar-refractivity contribution >= 4 is 11.7 Å². The number of nitrogens with one attached hydrogen (secondary N) is 2. The maximum absolute atomic E-state index is 12.0. The Morgan fingerprint density at radius 3 is 2.88 bits per heavy atom. The molecule has 0 unspecified atom stereocenters. The first-order chi connectivity index (χ1) is 11.7. The average molecular weight is 329 g/mol. The van der Waals surface area contributed by atoms with E-state index in [1.54, 1.807) is 0 Å². The zero-order valence-corrected chi connectivity index (χ0v) is 13.9. The van der Waals surface area contributed by atoms with E-state index in [1.165, 1.54) is 17.6 Å². The van der Waals surface area contributed by atoms with Crippen LogP contribution >= 0.6 is 0 Å². The minimum atomic E-state index is -0.198. The fourth-order valence-corrected chi connectivity index (χ4v) is 2.74. The SMILES string of the molecule is CCn1nnc(-c2cccc(NC(=O)NCCN3CCCC3)c2)n1. The van der Waals surface area contributed by atoms with Crippen LogP contribution in [0.2, 0.25) is 0 Å². The minimum Gasteiger partial charge on any atom is -0.337 e. The summed E-state index contributed by atoms with van der Waals surface area (Å²) in [5.74, 6) is 0.551. The third kappa shape index (κ3) is 4.29. The fraction of sp³-hybridized carbons (Fsp3) is 0.500. The highest BCUT2D eigenvalue weighted by Crippen LogP contribution is 2.18. The highest BCUT2D eigenvalue weighted by Gasteiger charge is 2.11. The number of benzene rings is 1. The monoisotopic (exact) mass is 329 g/mol. The molecule has 8 heteroatoms. The molecule has 2 heterocycles. The Morgan fingerprint density at radius 2 is 2.12 bits per heavy atom. The van der Waals surface area contributed by atoms with Gasteiger partial charge in [-0.05, 0) is 50.2 Å². The predicted molar refractivity (Wildman–Crippen MR) is 91.6 cm³/mol. The summed E-state index contributed by atoms with van der Waals surface area (Å²) in [7, 11) is 0. The second-order valence-electron chi connectivity index (χ2n) is 5.81. The van der Waals surface area contributed by atoms with Crippen LogP contribution in [0.3, 0.4) is 0 Å². The second-order valence-corrected chi connectivity index (χ2v) is 5.81. The number of nitrogens with zero attached hydrogens (tertiary/aromatic N) is 5. The molecule has 24 heavy (non-hydrogen) atoms. The zero-order chi connectivity index (χ0) is 16.8. The smallest absolute Gasteiger partial charge is 0.319 e. The number of urea groups is 1. The lowest BCUT2D eigenvalue weighted by atomic mass is 10.2. The third-order valence-corrected chi connectivity index (χ3v) is 4.03. The van der Waals surface area contributed by atoms with Gasteiger partial charge in [-0.25, -0.2) is 4.79 Å². The van der Waals surface area contributed by atoms with Crippen LogP contribution in [0.15, 0.2) is 24.3 Å². The number of amides is 2. The van der Waals surface area contributed by atoms with Crippen LogP contribution in [0.4, 0.5) is 10.5 Å². The van der Waals surface area contributed by atoms with Crippen LogP contribution < -0.4 is 10.6 Å². The van der Waals surface area contributed by atoms with E-state index in [0.29, 0.717) is 24.6 Å². The van der Waals surface area contributed by atoms with Gasteiger partial charge in [0, 0.05) is 24.3 Å². The number of aromatic nitrogens is 4. The van der Waals surface area contributed by atoms with E-state index in [2.05, 4.69) is 30.9 Å². The Balaban J connectivity index is 1.52. The van der Waals surface area contributed by atoms with Crippen LogP contribution in [0.5, 0.6) is 0 Å². The van der Waals surface area contributed by atoms with Gasteiger partial charge >= 0.3 is 6.03 Å². The van der Waals surface area contributed by atoms with Gasteiger partial charge in [0.05, 0.1) is 6.54 Å². The summed E-state index contributed by atoms with van der Waals surface area (Å²) in [5, 5.41) is 18.0. The van der Waals surface area contributed by atoms with Crippen molar-refractivity contribution in [3.05, 3.63) is 24.3 Å². The largest absolute Gasteiger partial charge is 0.337 e. The lowest BCUT2D eigenvalue weighted by Crippen LogP contribution is -2.35. The van der Waals surface area contributed by atoms with Gasteiger partial charge < -0.3 is 15.5 Å². The molecule has 1 aromatic heterocycles. The molecule has 0 aliphatic carbocycles. The van der Waals surface area contributed by atoms with Gasteiger partial charge in [-0.1, -0.05) is 12.1 Å². The molecule has 2 amide bonds. The molecule has 2 N–H and O–H groups in total. The normalized spacial score (nSPS) is 14.7. The van der Waals surface area contributed by atoms with Gasteiger partial charge in [-0.15, -0.1) is 10.2 Å². The van der Waals surface area contributed by atoms with Gasteiger partial charge in [0.15, 0.2) is 0 Å². The van der Waals surface area contributed by atoms with Gasteiger partial charge in [0.1, 0.15) is 0 Å². The van der Waals surface area contributed by atoms with Gasteiger partial charge in [-0.3, -0.25) is 0 Å². The van der Waals surface area contributed by atoms with E-state index in [9.17, 15) is 4.79 Å². The van der Waals surface area contributed by atoms with Gasteiger partial charge in [-0.2, -0.15) is 4.80 Å². The first-order valence-corrected chi connectivity index (χ1v) is 8.40. The summed E-state index contributed by atoms with van der Waals surface area (Å²) in [4.78, 5) is 15.9. The fourth-order valence-electron chi connectivity index (χ4n) is 2.74. The van der Waals surface area contributed by atoms with E-state index in [-0.39, 0.29) is 6.03 Å². The number of carbonyl (C=O) groups excluding carboxylic acids is 1. The molecular formula is C16H23N7O. The standard InChI is InChI=1S/C16H23N7O/c1-2-23-20-15(19-21-23)13-6-5-7-14(12-13)18-16(24)17-8-11-22-9-3-4-10-22/h5-7,12H,2-4,8-11H2,1H3,(H2,17,18,24). The maximum atomic E-state index is 12.0. The van der Waals surface area contributed by atoms with Crippen LogP contribution in [0.25, 0.3) is 11.4 Å². The number of rotatable bonds is 6. The van der Waals surface area contributed by atoms with Crippen LogP contribution in [0, 0.1) is 0 Å². The lowest BCUT2D eigenvalue weighted by Gasteiger charge is -2.15. The van der Waals surface area contributed by atoms with E-state index < -0.39 is 0 Å². The van der Waals surface area contributed by atoms with Crippen molar-refractivity contribution in [1.82, 2.24) is 30.4 Å². The number of tetrazole rings is 1. The number of hydrogen-bond acceptors (Lipinski definition) is 5. The number of likely N-dealkylation sites (tertiary alicyclic amines) is 1. The highest BCUT2D eigenvalue weighted by atomic mass is 16.2. The first-order valence-electron chi connectivity index (χ1n) is 8.40. The van der Waals surface area contributed by atoms with Crippen LogP contribution in [-0.4, -0.2) is 57.3 Å². The molecule has 0 bridgehead atoms. The molecule has 1 saturated heterocycles. The topological polar surface area (TPSA) is 88.0 Å². The summed E-state index contributed by atoms with van der Waals surface area (Å²) in [5.41, 5.74) is 1.53. The molecule has 0 atom stereocenters. The summed E-state index contributed by atoms with van der Waals surface area (Å²) >= 11 is 0. The molecule has 0 spiro atoms. The lowest BCUT2D eigenvalue weighted by molar-refractivity contribution is 0.249. The number of anilines is 1. The zero-order valence-electron chi connectivity index (χ0n) is 13.9. The Kier molecular flexibility index (Phi) is 5.37. The van der Waals surface area contributed by atoms with Crippen molar-refractivity contribution in [2.45, 2.75) is 26.3 Å². The van der Waals surface area contributed by atoms with Crippen molar-refractivity contribution in [2.75, 3.05) is 31.5 Å². The molecule has 128 valence electrons. The Bertz CT molecular complexity index is 679. The molecule has 1 fully saturated rings. The Labute approximate surface area is 141 Å². The van der Waals surface area contributed by atoms with E-state index in [4.69, 9.17) is 0 Å². The summed E-state index contributed by atoms with van der Waals surface area (Å²) in [6.07, 6.45) is 2.52. The van der Waals surface area contributed by atoms with Crippen molar-refractivity contribution in [1.29, 1.82) is 0 Å². The van der Waals surface area contributed by atoms with Crippen molar-refractivity contribution in [2.24, 2.45) is 0 Å². The summed E-state index contributed by atoms with van der Waals surface area (Å²) in [6, 6.07) is 7.25. The molecular weight excluding hydrogens is 306 g/mol. The number of aryl methyl sites for hydroxylation is 1. The Hall–Kier alpha value is -2.48. The number of hydrogen-bond donors (Lipinski definition) is 2. The molecule has 0 saturated carbocycles. The maximum Gasteiger partial charge on any atom is 0.319 e. The first kappa shape index (κ1) is 16.4. The molecule has 8 nitrogen and oxygen atoms in total. The molecule has 3 rings (SSSR count). The molecule has 0 radical (unpaired) electrons. The summed E-state index contributed by atoms with van der Waals surface area (Å²) < 4.78 is 0. The molecule has 1 aromatic carbocycles. The summed E-state index contributed by atoms with van der Waals surface area (Å²) in [6.45, 7) is 6.45. The Morgan fingerprint density at radius 1 is 1.29 bits per heavy atom. The quantitative estimate of drug-likeness (QED) is 0.840. The highest BCUT2D eigenvalue weighted by molar-refractivity contribution is 5.89. The van der Waals surface area contributed by atoms with Gasteiger partial charge in [0.25, 0.3) is 0 Å². The van der Waals surface area contributed by atoms with E-state index >= 15 is 0 Å². The minimum absolute atomic E-state index is 0.198. The van der Waals surface area contributed by atoms with Crippen molar-refractivity contribution < 1.29 is 4.79 Å². The second kappa shape index (κ2) is 7.87. The van der Waals surface area contributed by atoms with Crippen LogP contribution in [-0.2, 0) is 6.54 Å². The van der Waals surface area contributed by atoms with Gasteiger partial charge in [0.2, 0.25) is 5.82 Å². The molecule has 2 aromatic rings. The van der Waals surface area contributed by atoms with E-state index in [1.807, 2.05) is 31.2 Å². The van der Waals surface area contributed by atoms with Crippen molar-refractivity contribution in [3.8, 4) is 11.4 Å². The van der Waals surface area contributed by atoms with Crippen LogP contribution in [0.1, 0.15) is 19.8 Å². The predicted octanol–water partition coefficient (Wildman–Crippen LogP) is 1.58. The third-order valence-electron chi connectivity index (χ3n) is 4.03. The average Bonchev–Trinajstić information content (AvgIpc) is 3.26. The van der Waals surface area contributed by atoms with Crippen molar-refractivity contribution in [3.63, 3.8) is 0 Å². The molecule has 1 aliphatic heterocycles. The molecule has 1 aliphatic rings. The number of carbonyl (C=O) groups is 1.